The summed E-state index contributed by atoms with van der Waals surface area (Å²) in [5.41, 5.74) is 1.10. The second-order valence-electron chi connectivity index (χ2n) is 8.12. The van der Waals surface area contributed by atoms with Gasteiger partial charge in [-0.3, -0.25) is 4.79 Å². The van der Waals surface area contributed by atoms with Crippen LogP contribution >= 0.6 is 0 Å². The minimum Gasteiger partial charge on any atom is -0.387 e. The summed E-state index contributed by atoms with van der Waals surface area (Å²) in [6.07, 6.45) is 8.33. The van der Waals surface area contributed by atoms with Crippen LogP contribution in [0.25, 0.3) is 0 Å². The van der Waals surface area contributed by atoms with Crippen molar-refractivity contribution in [2.75, 3.05) is 6.54 Å². The maximum atomic E-state index is 12.7. The third kappa shape index (κ3) is 6.14. The quantitative estimate of drug-likeness (QED) is 0.724. The van der Waals surface area contributed by atoms with Crippen LogP contribution in [0.15, 0.2) is 23.8 Å². The Hall–Kier alpha value is -1.09. The molecule has 0 aliphatic heterocycles. The fraction of sp³-hybridized carbons (Fsp3) is 0.750. The number of nitrogens with one attached hydrogen (secondary N) is 1. The zero-order valence-electron chi connectivity index (χ0n) is 15.7. The second kappa shape index (κ2) is 8.68. The van der Waals surface area contributed by atoms with Gasteiger partial charge in [-0.2, -0.15) is 0 Å². The van der Waals surface area contributed by atoms with Gasteiger partial charge >= 0.3 is 0 Å². The Morgan fingerprint density at radius 1 is 1.39 bits per heavy atom. The molecular weight excluding hydrogens is 286 g/mol. The van der Waals surface area contributed by atoms with Crippen molar-refractivity contribution in [1.82, 2.24) is 5.32 Å². The molecule has 1 saturated carbocycles. The fourth-order valence-electron chi connectivity index (χ4n) is 3.54. The van der Waals surface area contributed by atoms with Gasteiger partial charge in [0.15, 0.2) is 0 Å². The van der Waals surface area contributed by atoms with E-state index in [9.17, 15) is 9.90 Å². The first-order valence-electron chi connectivity index (χ1n) is 8.93. The summed E-state index contributed by atoms with van der Waals surface area (Å²) >= 11 is 0. The summed E-state index contributed by atoms with van der Waals surface area (Å²) in [6.45, 7) is 13.0. The number of amides is 1. The number of hydrogen-bond donors (Lipinski definition) is 2. The highest BCUT2D eigenvalue weighted by Crippen LogP contribution is 2.44. The molecule has 0 heterocycles. The van der Waals surface area contributed by atoms with E-state index in [0.717, 1.165) is 18.4 Å². The van der Waals surface area contributed by atoms with Crippen LogP contribution in [0.2, 0.25) is 0 Å². The van der Waals surface area contributed by atoms with E-state index < -0.39 is 6.10 Å². The van der Waals surface area contributed by atoms with Crippen molar-refractivity contribution in [3.05, 3.63) is 23.8 Å². The molecule has 0 aromatic rings. The first-order valence-corrected chi connectivity index (χ1v) is 8.93. The topological polar surface area (TPSA) is 49.3 Å². The summed E-state index contributed by atoms with van der Waals surface area (Å²) in [4.78, 5) is 12.7. The molecule has 0 aromatic heterocycles. The van der Waals surface area contributed by atoms with E-state index in [4.69, 9.17) is 0 Å². The first kappa shape index (κ1) is 20.0. The lowest BCUT2D eigenvalue weighted by molar-refractivity contribution is -0.130. The normalized spacial score (nSPS) is 26.5. The third-order valence-electron chi connectivity index (χ3n) is 5.18. The van der Waals surface area contributed by atoms with E-state index >= 15 is 0 Å². The summed E-state index contributed by atoms with van der Waals surface area (Å²) in [7, 11) is 0. The minimum atomic E-state index is -0.621. The highest BCUT2D eigenvalue weighted by atomic mass is 16.3. The van der Waals surface area contributed by atoms with E-state index in [1.54, 1.807) is 0 Å². The first-order chi connectivity index (χ1) is 10.7. The molecule has 3 heteroatoms. The molecule has 1 aliphatic rings. The molecule has 3 unspecified atom stereocenters. The standard InChI is InChI=1S/C20H35NO2/c1-7-8-9-15(4)18(22)13-21-19(23)17-12-20(5,6)11-10-16(17)14(2)3/h7-9,14,16-18,22H,10-13H2,1-6H3,(H,21,23)/b8-7-,15-9+. The molecule has 0 aromatic carbocycles. The molecule has 1 fully saturated rings. The smallest absolute Gasteiger partial charge is 0.223 e. The monoisotopic (exact) mass is 321 g/mol. The lowest BCUT2D eigenvalue weighted by Crippen LogP contribution is -2.44. The second-order valence-corrected chi connectivity index (χ2v) is 8.12. The molecular formula is C20H35NO2. The van der Waals surface area contributed by atoms with Crippen LogP contribution < -0.4 is 5.32 Å². The lowest BCUT2D eigenvalue weighted by Gasteiger charge is -2.41. The summed E-state index contributed by atoms with van der Waals surface area (Å²) in [5.74, 6) is 1.13. The summed E-state index contributed by atoms with van der Waals surface area (Å²) in [6, 6.07) is 0. The molecule has 23 heavy (non-hydrogen) atoms. The van der Waals surface area contributed by atoms with Crippen LogP contribution in [-0.4, -0.2) is 23.7 Å². The average Bonchev–Trinajstić information content (AvgIpc) is 2.48. The third-order valence-corrected chi connectivity index (χ3v) is 5.18. The van der Waals surface area contributed by atoms with Crippen molar-refractivity contribution >= 4 is 5.91 Å². The van der Waals surface area contributed by atoms with Crippen molar-refractivity contribution < 1.29 is 9.90 Å². The zero-order chi connectivity index (χ0) is 17.6. The van der Waals surface area contributed by atoms with E-state index in [2.05, 4.69) is 33.0 Å². The number of aliphatic hydroxyl groups is 1. The Labute approximate surface area is 142 Å². The van der Waals surface area contributed by atoms with Crippen molar-refractivity contribution in [3.8, 4) is 0 Å². The van der Waals surface area contributed by atoms with E-state index in [1.165, 1.54) is 6.42 Å². The van der Waals surface area contributed by atoms with Gasteiger partial charge in [0.05, 0.1) is 6.10 Å². The van der Waals surface area contributed by atoms with Gasteiger partial charge in [-0.1, -0.05) is 45.9 Å². The molecule has 1 rings (SSSR count). The van der Waals surface area contributed by atoms with Crippen LogP contribution in [0.4, 0.5) is 0 Å². The fourth-order valence-corrected chi connectivity index (χ4v) is 3.54. The Morgan fingerprint density at radius 2 is 2.04 bits per heavy atom. The Bertz CT molecular complexity index is 449. The summed E-state index contributed by atoms with van der Waals surface area (Å²) in [5, 5.41) is 13.1. The lowest BCUT2D eigenvalue weighted by atomic mass is 9.64. The van der Waals surface area contributed by atoms with Gasteiger partial charge in [-0.25, -0.2) is 0 Å². The van der Waals surface area contributed by atoms with E-state index in [1.807, 2.05) is 32.1 Å². The van der Waals surface area contributed by atoms with Gasteiger partial charge < -0.3 is 10.4 Å². The maximum Gasteiger partial charge on any atom is 0.223 e. The molecule has 132 valence electrons. The molecule has 3 nitrogen and oxygen atoms in total. The highest BCUT2D eigenvalue weighted by Gasteiger charge is 2.39. The SMILES string of the molecule is C/C=C\C=C(/C)C(O)CNC(=O)C1CC(C)(C)CCC1C(C)C. The van der Waals surface area contributed by atoms with Gasteiger partial charge in [0.25, 0.3) is 0 Å². The predicted molar refractivity (Wildman–Crippen MR) is 97.0 cm³/mol. The summed E-state index contributed by atoms with van der Waals surface area (Å²) < 4.78 is 0. The van der Waals surface area contributed by atoms with Crippen molar-refractivity contribution in [2.24, 2.45) is 23.2 Å². The largest absolute Gasteiger partial charge is 0.387 e. The van der Waals surface area contributed by atoms with Gasteiger partial charge in [0, 0.05) is 12.5 Å². The molecule has 0 spiro atoms. The van der Waals surface area contributed by atoms with Crippen LogP contribution in [0.3, 0.4) is 0 Å². The molecule has 1 amide bonds. The van der Waals surface area contributed by atoms with Crippen LogP contribution in [0.5, 0.6) is 0 Å². The number of carbonyl (C=O) groups is 1. The predicted octanol–water partition coefficient (Wildman–Crippen LogP) is 4.08. The average molecular weight is 322 g/mol. The molecule has 3 atom stereocenters. The van der Waals surface area contributed by atoms with Gasteiger partial charge in [0.2, 0.25) is 5.91 Å². The Kier molecular flexibility index (Phi) is 7.53. The van der Waals surface area contributed by atoms with Crippen LogP contribution in [0, 0.1) is 23.2 Å². The minimum absolute atomic E-state index is 0.0609. The molecule has 0 saturated heterocycles. The Balaban J connectivity index is 2.66. The Morgan fingerprint density at radius 3 is 2.61 bits per heavy atom. The zero-order valence-corrected chi connectivity index (χ0v) is 15.7. The van der Waals surface area contributed by atoms with Gasteiger partial charge in [-0.15, -0.1) is 0 Å². The number of carbonyl (C=O) groups excluding carboxylic acids is 1. The van der Waals surface area contributed by atoms with Crippen molar-refractivity contribution in [1.29, 1.82) is 0 Å². The van der Waals surface area contributed by atoms with E-state index in [0.29, 0.717) is 18.4 Å². The number of allylic oxidation sites excluding steroid dienone is 3. The van der Waals surface area contributed by atoms with E-state index in [-0.39, 0.29) is 17.2 Å². The molecule has 1 aliphatic carbocycles. The van der Waals surface area contributed by atoms with Crippen LogP contribution in [-0.2, 0) is 4.79 Å². The van der Waals surface area contributed by atoms with Gasteiger partial charge in [0.1, 0.15) is 0 Å². The number of rotatable bonds is 6. The van der Waals surface area contributed by atoms with Crippen molar-refractivity contribution in [2.45, 2.75) is 66.9 Å². The molecule has 2 N–H and O–H groups in total. The number of hydrogen-bond acceptors (Lipinski definition) is 2. The molecule has 0 bridgehead atoms. The number of aliphatic hydroxyl groups excluding tert-OH is 1. The maximum absolute atomic E-state index is 12.7. The molecule has 0 radical (unpaired) electrons. The van der Waals surface area contributed by atoms with Crippen molar-refractivity contribution in [3.63, 3.8) is 0 Å². The highest BCUT2D eigenvalue weighted by molar-refractivity contribution is 5.79. The van der Waals surface area contributed by atoms with Gasteiger partial charge in [-0.05, 0) is 55.9 Å². The van der Waals surface area contributed by atoms with Crippen LogP contribution in [0.1, 0.15) is 60.8 Å².